The summed E-state index contributed by atoms with van der Waals surface area (Å²) in [5.74, 6) is 0.0623. The molecule has 2 aromatic carbocycles. The first-order valence-corrected chi connectivity index (χ1v) is 10.0. The summed E-state index contributed by atoms with van der Waals surface area (Å²) >= 11 is 0. The Morgan fingerprint density at radius 1 is 1.27 bits per heavy atom. The Morgan fingerprint density at radius 2 is 2.04 bits per heavy atom. The molecule has 0 bridgehead atoms. The molecule has 1 fully saturated rings. The molecule has 1 unspecified atom stereocenters. The second-order valence-corrected chi connectivity index (χ2v) is 8.46. The fraction of sp³-hybridized carbons (Fsp3) is 0.368. The van der Waals surface area contributed by atoms with Crippen molar-refractivity contribution in [3.05, 3.63) is 53.8 Å². The quantitative estimate of drug-likeness (QED) is 0.807. The number of nitrogens with one attached hydrogen (secondary N) is 1. The van der Waals surface area contributed by atoms with E-state index in [0.29, 0.717) is 5.75 Å². The molecular formula is C19H22FNO4S. The summed E-state index contributed by atoms with van der Waals surface area (Å²) in [7, 11) is -3.86. The number of ether oxygens (including phenoxy) is 1. The highest BCUT2D eigenvalue weighted by Crippen LogP contribution is 2.34. The highest BCUT2D eigenvalue weighted by Gasteiger charge is 2.24. The summed E-state index contributed by atoms with van der Waals surface area (Å²) in [6, 6.07) is 9.68. The highest BCUT2D eigenvalue weighted by atomic mass is 32.2. The van der Waals surface area contributed by atoms with Crippen LogP contribution in [0.5, 0.6) is 5.75 Å². The van der Waals surface area contributed by atoms with Crippen molar-refractivity contribution < 1.29 is 22.7 Å². The maximum absolute atomic E-state index is 13.4. The van der Waals surface area contributed by atoms with Gasteiger partial charge >= 0.3 is 0 Å². The van der Waals surface area contributed by atoms with Crippen LogP contribution in [-0.2, 0) is 9.84 Å². The second kappa shape index (κ2) is 7.73. The molecule has 7 heteroatoms. The first-order valence-electron chi connectivity index (χ1n) is 8.54. The van der Waals surface area contributed by atoms with Crippen LogP contribution in [-0.4, -0.2) is 39.3 Å². The lowest BCUT2D eigenvalue weighted by atomic mass is 9.97. The van der Waals surface area contributed by atoms with Gasteiger partial charge in [-0.05, 0) is 55.8 Å². The number of halogens is 1. The average molecular weight is 379 g/mol. The van der Waals surface area contributed by atoms with E-state index in [4.69, 9.17) is 4.74 Å². The van der Waals surface area contributed by atoms with Gasteiger partial charge in [0.05, 0.1) is 15.9 Å². The Kier molecular flexibility index (Phi) is 5.60. The van der Waals surface area contributed by atoms with E-state index in [-0.39, 0.29) is 22.3 Å². The van der Waals surface area contributed by atoms with Gasteiger partial charge < -0.3 is 15.2 Å². The average Bonchev–Trinajstić information content (AvgIpc) is 3.14. The summed E-state index contributed by atoms with van der Waals surface area (Å²) in [4.78, 5) is -0.0624. The molecule has 2 N–H and O–H groups in total. The first-order chi connectivity index (χ1) is 12.4. The Labute approximate surface area is 152 Å². The van der Waals surface area contributed by atoms with Gasteiger partial charge in [-0.1, -0.05) is 12.1 Å². The molecule has 1 aliphatic rings. The number of hydrogen-bond acceptors (Lipinski definition) is 5. The van der Waals surface area contributed by atoms with Crippen LogP contribution in [0.4, 0.5) is 4.39 Å². The molecule has 1 saturated heterocycles. The molecule has 0 radical (unpaired) electrons. The summed E-state index contributed by atoms with van der Waals surface area (Å²) < 4.78 is 44.8. The number of sulfone groups is 1. The third-order valence-corrected chi connectivity index (χ3v) is 6.13. The number of rotatable bonds is 6. The van der Waals surface area contributed by atoms with Gasteiger partial charge in [-0.25, -0.2) is 12.8 Å². The highest BCUT2D eigenvalue weighted by molar-refractivity contribution is 7.91. The van der Waals surface area contributed by atoms with Gasteiger partial charge in [0.2, 0.25) is 9.84 Å². The summed E-state index contributed by atoms with van der Waals surface area (Å²) in [6.07, 6.45) is 0.258. The van der Waals surface area contributed by atoms with Gasteiger partial charge in [-0.15, -0.1) is 0 Å². The van der Waals surface area contributed by atoms with Crippen molar-refractivity contribution in [2.45, 2.75) is 35.2 Å². The van der Waals surface area contributed by atoms with Crippen LogP contribution in [0.1, 0.15) is 24.8 Å². The number of aliphatic hydroxyl groups is 1. The zero-order valence-electron chi connectivity index (χ0n) is 14.5. The predicted molar refractivity (Wildman–Crippen MR) is 95.7 cm³/mol. The minimum absolute atomic E-state index is 0.0402. The lowest BCUT2D eigenvalue weighted by Crippen LogP contribution is -2.15. The molecule has 0 amide bonds. The Bertz CT molecular complexity index is 877. The molecule has 0 spiro atoms. The molecule has 140 valence electrons. The van der Waals surface area contributed by atoms with Gasteiger partial charge in [0.15, 0.2) is 0 Å². The molecule has 3 rings (SSSR count). The van der Waals surface area contributed by atoms with E-state index in [2.05, 4.69) is 5.32 Å². The summed E-state index contributed by atoms with van der Waals surface area (Å²) in [5, 5.41) is 12.8. The van der Waals surface area contributed by atoms with Gasteiger partial charge in [0.1, 0.15) is 18.2 Å². The van der Waals surface area contributed by atoms with Crippen molar-refractivity contribution in [3.8, 4) is 5.75 Å². The van der Waals surface area contributed by atoms with Crippen LogP contribution >= 0.6 is 0 Å². The minimum atomic E-state index is -3.86. The largest absolute Gasteiger partial charge is 0.491 e. The van der Waals surface area contributed by atoms with Gasteiger partial charge in [-0.2, -0.15) is 0 Å². The lowest BCUT2D eigenvalue weighted by Gasteiger charge is -2.18. The van der Waals surface area contributed by atoms with E-state index < -0.39 is 21.8 Å². The molecule has 26 heavy (non-hydrogen) atoms. The van der Waals surface area contributed by atoms with Gasteiger partial charge in [-0.3, -0.25) is 0 Å². The van der Waals surface area contributed by atoms with Crippen LogP contribution < -0.4 is 10.1 Å². The third-order valence-electron chi connectivity index (χ3n) is 4.38. The van der Waals surface area contributed by atoms with Gasteiger partial charge in [0, 0.05) is 12.5 Å². The molecule has 0 saturated carbocycles. The lowest BCUT2D eigenvalue weighted by molar-refractivity contribution is 0.122. The third kappa shape index (κ3) is 4.06. The Balaban J connectivity index is 2.01. The Morgan fingerprint density at radius 3 is 2.69 bits per heavy atom. The van der Waals surface area contributed by atoms with Crippen molar-refractivity contribution in [1.82, 2.24) is 5.32 Å². The summed E-state index contributed by atoms with van der Waals surface area (Å²) in [5.41, 5.74) is 0.911. The zero-order valence-corrected chi connectivity index (χ0v) is 15.3. The molecular weight excluding hydrogens is 357 g/mol. The van der Waals surface area contributed by atoms with E-state index >= 15 is 0 Å². The van der Waals surface area contributed by atoms with Crippen LogP contribution in [0.2, 0.25) is 0 Å². The molecule has 2 aromatic rings. The van der Waals surface area contributed by atoms with Crippen molar-refractivity contribution in [3.63, 3.8) is 0 Å². The van der Waals surface area contributed by atoms with Crippen LogP contribution in [0.25, 0.3) is 0 Å². The van der Waals surface area contributed by atoms with E-state index in [1.165, 1.54) is 30.3 Å². The van der Waals surface area contributed by atoms with Crippen molar-refractivity contribution in [2.24, 2.45) is 0 Å². The molecule has 0 aromatic heterocycles. The maximum atomic E-state index is 13.4. The monoisotopic (exact) mass is 379 g/mol. The van der Waals surface area contributed by atoms with Crippen molar-refractivity contribution in [1.29, 1.82) is 0 Å². The fourth-order valence-electron chi connectivity index (χ4n) is 3.04. The fourth-order valence-corrected chi connectivity index (χ4v) is 4.35. The van der Waals surface area contributed by atoms with Crippen LogP contribution in [0.15, 0.2) is 52.3 Å². The topological polar surface area (TPSA) is 75.6 Å². The van der Waals surface area contributed by atoms with E-state index in [1.807, 2.05) is 0 Å². The molecule has 5 nitrogen and oxygen atoms in total. The standard InChI is InChI=1S/C19H22FNO4S/c1-13(22)12-25-19-10-17(5-6-18(19)14-7-8-21-11-14)26(23,24)16-4-2-3-15(20)9-16/h2-6,9-10,13-14,21-22H,7-8,11-12H2,1H3/t13-,14?/m0/s1. The van der Waals surface area contributed by atoms with Crippen LogP contribution in [0, 0.1) is 5.82 Å². The Hall–Kier alpha value is -1.96. The van der Waals surface area contributed by atoms with Gasteiger partial charge in [0.25, 0.3) is 0 Å². The second-order valence-electron chi connectivity index (χ2n) is 6.51. The number of hydrogen-bond donors (Lipinski definition) is 2. The number of aliphatic hydroxyl groups excluding tert-OH is 1. The first kappa shape index (κ1) is 18.8. The molecule has 1 heterocycles. The van der Waals surface area contributed by atoms with Crippen molar-refractivity contribution >= 4 is 9.84 Å². The van der Waals surface area contributed by atoms with E-state index in [1.54, 1.807) is 13.0 Å². The van der Waals surface area contributed by atoms with Crippen molar-refractivity contribution in [2.75, 3.05) is 19.7 Å². The molecule has 1 aliphatic heterocycles. The summed E-state index contributed by atoms with van der Waals surface area (Å²) in [6.45, 7) is 3.35. The van der Waals surface area contributed by atoms with E-state index in [0.717, 1.165) is 31.1 Å². The molecule has 0 aliphatic carbocycles. The SMILES string of the molecule is C[C@H](O)COc1cc(S(=O)(=O)c2cccc(F)c2)ccc1C1CCNC1. The normalized spacial score (nSPS) is 18.7. The predicted octanol–water partition coefficient (Wildman–Crippen LogP) is 2.50. The minimum Gasteiger partial charge on any atom is -0.491 e. The maximum Gasteiger partial charge on any atom is 0.206 e. The molecule has 2 atom stereocenters. The number of benzene rings is 2. The van der Waals surface area contributed by atoms with Crippen LogP contribution in [0.3, 0.4) is 0 Å². The smallest absolute Gasteiger partial charge is 0.206 e. The van der Waals surface area contributed by atoms with E-state index in [9.17, 15) is 17.9 Å². The zero-order chi connectivity index (χ0) is 18.7.